The summed E-state index contributed by atoms with van der Waals surface area (Å²) in [6, 6.07) is 7.94. The first-order valence-electron chi connectivity index (χ1n) is 9.11. The Morgan fingerprint density at radius 1 is 1.16 bits per heavy atom. The second-order valence-corrected chi connectivity index (χ2v) is 6.58. The lowest BCUT2D eigenvalue weighted by atomic mass is 10.1. The maximum atomic E-state index is 12.6. The molecule has 1 amide bonds. The van der Waals surface area contributed by atoms with Crippen LogP contribution in [0.3, 0.4) is 0 Å². The zero-order valence-electron chi connectivity index (χ0n) is 17.4. The molecule has 0 saturated heterocycles. The summed E-state index contributed by atoms with van der Waals surface area (Å²) in [6.07, 6.45) is 0. The van der Waals surface area contributed by atoms with Gasteiger partial charge in [0.25, 0.3) is 5.69 Å². The number of likely N-dealkylation sites (N-methyl/N-ethyl adjacent to an activating group) is 1. The Kier molecular flexibility index (Phi) is 8.08. The van der Waals surface area contributed by atoms with Crippen molar-refractivity contribution in [2.45, 2.75) is 26.1 Å². The van der Waals surface area contributed by atoms with E-state index in [-0.39, 0.29) is 29.4 Å². The lowest BCUT2D eigenvalue weighted by Gasteiger charge is -2.24. The molecule has 31 heavy (non-hydrogen) atoms. The maximum Gasteiger partial charge on any atom is 0.387 e. The minimum absolute atomic E-state index is 0.0474. The topological polar surface area (TPSA) is 103 Å². The van der Waals surface area contributed by atoms with E-state index in [9.17, 15) is 23.7 Å². The molecule has 1 atom stereocenters. The van der Waals surface area contributed by atoms with E-state index in [4.69, 9.17) is 9.47 Å². The summed E-state index contributed by atoms with van der Waals surface area (Å²) in [5, 5.41) is 13.8. The van der Waals surface area contributed by atoms with E-state index >= 15 is 0 Å². The zero-order valence-corrected chi connectivity index (χ0v) is 17.4. The highest BCUT2D eigenvalue weighted by Crippen LogP contribution is 2.31. The Bertz CT molecular complexity index is 941. The molecule has 1 unspecified atom stereocenters. The number of rotatable bonds is 10. The molecule has 0 heterocycles. The summed E-state index contributed by atoms with van der Waals surface area (Å²) >= 11 is 0. The van der Waals surface area contributed by atoms with Crippen molar-refractivity contribution in [3.8, 4) is 17.2 Å². The molecule has 1 N–H and O–H groups in total. The summed E-state index contributed by atoms with van der Waals surface area (Å²) in [4.78, 5) is 25.0. The number of nitrogens with zero attached hydrogens (tertiary/aromatic N) is 2. The van der Waals surface area contributed by atoms with Crippen LogP contribution in [0.4, 0.5) is 20.2 Å². The van der Waals surface area contributed by atoms with Gasteiger partial charge in [0.1, 0.15) is 11.4 Å². The molecule has 0 aliphatic carbocycles. The molecule has 0 aliphatic rings. The van der Waals surface area contributed by atoms with Crippen LogP contribution in [-0.4, -0.2) is 49.7 Å². The number of anilines is 1. The number of nitro benzene ring substituents is 1. The molecule has 0 spiro atoms. The smallest absolute Gasteiger partial charge is 0.387 e. The third-order valence-corrected chi connectivity index (χ3v) is 4.58. The van der Waals surface area contributed by atoms with Gasteiger partial charge in [-0.05, 0) is 43.8 Å². The lowest BCUT2D eigenvalue weighted by molar-refractivity contribution is -0.384. The number of amides is 1. The highest BCUT2D eigenvalue weighted by atomic mass is 19.3. The van der Waals surface area contributed by atoms with Crippen LogP contribution < -0.4 is 19.5 Å². The monoisotopic (exact) mass is 439 g/mol. The van der Waals surface area contributed by atoms with Crippen LogP contribution in [0.25, 0.3) is 0 Å². The van der Waals surface area contributed by atoms with Crippen LogP contribution in [-0.2, 0) is 11.3 Å². The first kappa shape index (κ1) is 23.8. The summed E-state index contributed by atoms with van der Waals surface area (Å²) in [5.41, 5.74) is 0.448. The second-order valence-electron chi connectivity index (χ2n) is 6.58. The maximum absolute atomic E-state index is 12.6. The van der Waals surface area contributed by atoms with Crippen molar-refractivity contribution in [1.82, 2.24) is 4.90 Å². The Balaban J connectivity index is 2.10. The van der Waals surface area contributed by atoms with Gasteiger partial charge in [0.2, 0.25) is 5.91 Å². The Labute approximate surface area is 177 Å². The predicted octanol–water partition coefficient (Wildman–Crippen LogP) is 3.67. The van der Waals surface area contributed by atoms with E-state index in [1.807, 2.05) is 0 Å². The summed E-state index contributed by atoms with van der Waals surface area (Å²) in [6.45, 7) is -1.06. The summed E-state index contributed by atoms with van der Waals surface area (Å²) < 4.78 is 39.4. The fraction of sp³-hybridized carbons (Fsp3) is 0.350. The van der Waals surface area contributed by atoms with Crippen LogP contribution in [0.15, 0.2) is 36.4 Å². The molecule has 0 radical (unpaired) electrons. The molecule has 11 heteroatoms. The third-order valence-electron chi connectivity index (χ3n) is 4.58. The van der Waals surface area contributed by atoms with Crippen LogP contribution in [0.1, 0.15) is 12.5 Å². The van der Waals surface area contributed by atoms with Gasteiger partial charge in [0.15, 0.2) is 11.5 Å². The minimum atomic E-state index is -2.98. The van der Waals surface area contributed by atoms with E-state index in [0.29, 0.717) is 11.3 Å². The highest BCUT2D eigenvalue weighted by molar-refractivity contribution is 5.96. The van der Waals surface area contributed by atoms with Gasteiger partial charge < -0.3 is 19.5 Å². The van der Waals surface area contributed by atoms with Crippen LogP contribution in [0.5, 0.6) is 17.2 Å². The average Bonchev–Trinajstić information content (AvgIpc) is 2.73. The third kappa shape index (κ3) is 6.25. The SMILES string of the molecule is COc1ccc(NC(=O)C(C)N(C)Cc2ccc(OC(F)F)c(OC)c2)c([N+](=O)[O-])c1. The number of halogens is 2. The lowest BCUT2D eigenvalue weighted by Crippen LogP contribution is -2.39. The van der Waals surface area contributed by atoms with Crippen LogP contribution in [0, 0.1) is 10.1 Å². The number of hydrogen-bond donors (Lipinski definition) is 1. The number of nitro groups is 1. The van der Waals surface area contributed by atoms with Crippen LogP contribution in [0.2, 0.25) is 0 Å². The number of ether oxygens (including phenoxy) is 3. The van der Waals surface area contributed by atoms with E-state index in [1.54, 1.807) is 24.9 Å². The molecule has 0 bridgehead atoms. The molecule has 2 rings (SSSR count). The molecular formula is C20H23F2N3O6. The minimum Gasteiger partial charge on any atom is -0.496 e. The van der Waals surface area contributed by atoms with Gasteiger partial charge >= 0.3 is 6.61 Å². The van der Waals surface area contributed by atoms with Crippen molar-refractivity contribution in [1.29, 1.82) is 0 Å². The standard InChI is InChI=1S/C20H23F2N3O6/c1-12(19(26)23-15-7-6-14(29-3)10-16(15)25(27)28)24(2)11-13-5-8-17(31-20(21)22)18(9-13)30-4/h5-10,12,20H,11H2,1-4H3,(H,23,26). The molecule has 0 fully saturated rings. The largest absolute Gasteiger partial charge is 0.496 e. The number of methoxy groups -OCH3 is 2. The van der Waals surface area contributed by atoms with Crippen LogP contribution >= 0.6 is 0 Å². The van der Waals surface area contributed by atoms with Crippen molar-refractivity contribution in [2.75, 3.05) is 26.6 Å². The number of carbonyl (C=O) groups excluding carboxylic acids is 1. The molecule has 2 aromatic rings. The molecule has 2 aromatic carbocycles. The molecule has 9 nitrogen and oxygen atoms in total. The number of hydrogen-bond acceptors (Lipinski definition) is 7. The van der Waals surface area contributed by atoms with Gasteiger partial charge in [-0.3, -0.25) is 19.8 Å². The van der Waals surface area contributed by atoms with Gasteiger partial charge in [-0.25, -0.2) is 0 Å². The zero-order chi connectivity index (χ0) is 23.1. The fourth-order valence-electron chi connectivity index (χ4n) is 2.76. The van der Waals surface area contributed by atoms with Crippen molar-refractivity contribution >= 4 is 17.3 Å². The number of alkyl halides is 2. The Morgan fingerprint density at radius 3 is 2.45 bits per heavy atom. The normalized spacial score (nSPS) is 11.9. The molecular weight excluding hydrogens is 416 g/mol. The van der Waals surface area contributed by atoms with Crippen molar-refractivity contribution in [2.24, 2.45) is 0 Å². The summed E-state index contributed by atoms with van der Waals surface area (Å²) in [5.74, 6) is -0.123. The van der Waals surface area contributed by atoms with Crippen molar-refractivity contribution < 1.29 is 32.7 Å². The number of nitrogens with one attached hydrogen (secondary N) is 1. The fourth-order valence-corrected chi connectivity index (χ4v) is 2.76. The van der Waals surface area contributed by atoms with Gasteiger partial charge in [-0.15, -0.1) is 0 Å². The van der Waals surface area contributed by atoms with Gasteiger partial charge in [0, 0.05) is 6.54 Å². The van der Waals surface area contributed by atoms with E-state index in [1.165, 1.54) is 44.6 Å². The number of carbonyl (C=O) groups is 1. The molecule has 168 valence electrons. The molecule has 0 aromatic heterocycles. The van der Waals surface area contributed by atoms with E-state index < -0.39 is 23.5 Å². The average molecular weight is 439 g/mol. The second kappa shape index (κ2) is 10.5. The Morgan fingerprint density at radius 2 is 1.87 bits per heavy atom. The van der Waals surface area contributed by atoms with Gasteiger partial charge in [0.05, 0.1) is 31.3 Å². The quantitative estimate of drug-likeness (QED) is 0.445. The van der Waals surface area contributed by atoms with E-state index in [0.717, 1.165) is 0 Å². The van der Waals surface area contributed by atoms with Gasteiger partial charge in [-0.2, -0.15) is 8.78 Å². The van der Waals surface area contributed by atoms with Crippen molar-refractivity contribution in [3.63, 3.8) is 0 Å². The highest BCUT2D eigenvalue weighted by Gasteiger charge is 2.23. The van der Waals surface area contributed by atoms with Crippen molar-refractivity contribution in [3.05, 3.63) is 52.1 Å². The predicted molar refractivity (Wildman–Crippen MR) is 109 cm³/mol. The first-order chi connectivity index (χ1) is 14.7. The van der Waals surface area contributed by atoms with Gasteiger partial charge in [-0.1, -0.05) is 6.07 Å². The van der Waals surface area contributed by atoms with E-state index in [2.05, 4.69) is 10.1 Å². The first-order valence-corrected chi connectivity index (χ1v) is 9.11. The molecule has 0 aliphatic heterocycles. The number of benzene rings is 2. The molecule has 0 saturated carbocycles. The summed E-state index contributed by atoms with van der Waals surface area (Å²) in [7, 11) is 4.40. The Hall–Kier alpha value is -3.47.